The zero-order valence-corrected chi connectivity index (χ0v) is 10.6. The van der Waals surface area contributed by atoms with Crippen LogP contribution in [0.15, 0.2) is 36.4 Å². The van der Waals surface area contributed by atoms with Gasteiger partial charge in [0.25, 0.3) is 0 Å². The molecule has 3 nitrogen and oxygen atoms in total. The minimum atomic E-state index is -0.737. The molecular weight excluding hydrogens is 226 g/mol. The number of benzene rings is 1. The van der Waals surface area contributed by atoms with E-state index in [4.69, 9.17) is 0 Å². The van der Waals surface area contributed by atoms with Crippen molar-refractivity contribution >= 4 is 10.9 Å². The molecule has 96 valence electrons. The fourth-order valence-electron chi connectivity index (χ4n) is 2.06. The zero-order valence-electron chi connectivity index (χ0n) is 10.6. The molecule has 2 N–H and O–H groups in total. The maximum absolute atomic E-state index is 9.88. The first kappa shape index (κ1) is 13.0. The van der Waals surface area contributed by atoms with Crippen LogP contribution in [-0.2, 0) is 6.42 Å². The first-order valence-electron chi connectivity index (χ1n) is 6.41. The zero-order chi connectivity index (χ0) is 13.0. The fraction of sp³-hybridized carbons (Fsp3) is 0.400. The van der Waals surface area contributed by atoms with Crippen LogP contribution >= 0.6 is 0 Å². The van der Waals surface area contributed by atoms with E-state index in [2.05, 4.69) is 4.98 Å². The second-order valence-electron chi connectivity index (χ2n) is 4.62. The van der Waals surface area contributed by atoms with Gasteiger partial charge in [-0.25, -0.2) is 0 Å². The Hall–Kier alpha value is -1.45. The number of hydrogen-bond donors (Lipinski definition) is 2. The lowest BCUT2D eigenvalue weighted by Gasteiger charge is -2.16. The van der Waals surface area contributed by atoms with E-state index in [1.54, 1.807) is 0 Å². The van der Waals surface area contributed by atoms with Gasteiger partial charge in [0.1, 0.15) is 0 Å². The largest absolute Gasteiger partial charge is 0.390 e. The Bertz CT molecular complexity index is 513. The predicted molar refractivity (Wildman–Crippen MR) is 72.4 cm³/mol. The molecule has 0 bridgehead atoms. The number of aliphatic hydroxyl groups excluding tert-OH is 2. The van der Waals surface area contributed by atoms with E-state index in [1.807, 2.05) is 43.3 Å². The molecule has 1 aromatic heterocycles. The van der Waals surface area contributed by atoms with Crippen LogP contribution in [0.4, 0.5) is 0 Å². The van der Waals surface area contributed by atoms with Crippen molar-refractivity contribution in [3.63, 3.8) is 0 Å². The van der Waals surface area contributed by atoms with Crippen LogP contribution in [0.25, 0.3) is 10.9 Å². The average molecular weight is 245 g/mol. The Kier molecular flexibility index (Phi) is 4.28. The van der Waals surface area contributed by atoms with E-state index < -0.39 is 12.2 Å². The minimum absolute atomic E-state index is 0.395. The molecule has 2 rings (SSSR count). The van der Waals surface area contributed by atoms with Gasteiger partial charge in [-0.2, -0.15) is 0 Å². The fourth-order valence-corrected chi connectivity index (χ4v) is 2.06. The molecule has 0 aliphatic heterocycles. The molecule has 2 atom stereocenters. The summed E-state index contributed by atoms with van der Waals surface area (Å²) in [5.41, 5.74) is 1.74. The first-order chi connectivity index (χ1) is 8.70. The van der Waals surface area contributed by atoms with Gasteiger partial charge in [0.2, 0.25) is 0 Å². The van der Waals surface area contributed by atoms with Gasteiger partial charge in [0.05, 0.1) is 17.7 Å². The quantitative estimate of drug-likeness (QED) is 0.850. The van der Waals surface area contributed by atoms with Crippen molar-refractivity contribution in [3.8, 4) is 0 Å². The van der Waals surface area contributed by atoms with Crippen molar-refractivity contribution in [2.24, 2.45) is 0 Å². The number of pyridine rings is 1. The molecule has 0 fully saturated rings. The van der Waals surface area contributed by atoms with Gasteiger partial charge in [0.15, 0.2) is 0 Å². The van der Waals surface area contributed by atoms with Crippen LogP contribution in [0.1, 0.15) is 25.5 Å². The Morgan fingerprint density at radius 3 is 2.61 bits per heavy atom. The first-order valence-corrected chi connectivity index (χ1v) is 6.41. The van der Waals surface area contributed by atoms with E-state index in [0.29, 0.717) is 12.8 Å². The molecule has 0 saturated carbocycles. The number of rotatable bonds is 5. The monoisotopic (exact) mass is 245 g/mol. The van der Waals surface area contributed by atoms with Gasteiger partial charge in [0, 0.05) is 17.5 Å². The van der Waals surface area contributed by atoms with E-state index >= 15 is 0 Å². The highest BCUT2D eigenvalue weighted by molar-refractivity contribution is 5.78. The number of aliphatic hydroxyl groups is 2. The Labute approximate surface area is 107 Å². The summed E-state index contributed by atoms with van der Waals surface area (Å²) in [6, 6.07) is 11.8. The van der Waals surface area contributed by atoms with E-state index in [-0.39, 0.29) is 0 Å². The molecule has 0 radical (unpaired) electrons. The van der Waals surface area contributed by atoms with Gasteiger partial charge in [-0.15, -0.1) is 0 Å². The van der Waals surface area contributed by atoms with Gasteiger partial charge in [-0.05, 0) is 18.6 Å². The molecule has 0 aliphatic rings. The van der Waals surface area contributed by atoms with Crippen molar-refractivity contribution in [1.82, 2.24) is 4.98 Å². The third kappa shape index (κ3) is 3.06. The smallest absolute Gasteiger partial charge is 0.0854 e. The lowest BCUT2D eigenvalue weighted by Crippen LogP contribution is -2.28. The molecule has 0 spiro atoms. The molecule has 0 aliphatic carbocycles. The Morgan fingerprint density at radius 1 is 1.06 bits per heavy atom. The van der Waals surface area contributed by atoms with Crippen molar-refractivity contribution < 1.29 is 10.2 Å². The van der Waals surface area contributed by atoms with Crippen molar-refractivity contribution in [1.29, 1.82) is 0 Å². The molecule has 2 unspecified atom stereocenters. The summed E-state index contributed by atoms with van der Waals surface area (Å²) >= 11 is 0. The van der Waals surface area contributed by atoms with Crippen LogP contribution in [0.5, 0.6) is 0 Å². The molecule has 0 saturated heterocycles. The maximum Gasteiger partial charge on any atom is 0.0854 e. The van der Waals surface area contributed by atoms with Gasteiger partial charge in [-0.1, -0.05) is 37.6 Å². The van der Waals surface area contributed by atoms with Crippen LogP contribution in [0.2, 0.25) is 0 Å². The van der Waals surface area contributed by atoms with E-state index in [0.717, 1.165) is 23.0 Å². The van der Waals surface area contributed by atoms with Gasteiger partial charge < -0.3 is 10.2 Å². The lowest BCUT2D eigenvalue weighted by atomic mass is 10.0. The summed E-state index contributed by atoms with van der Waals surface area (Å²) in [4.78, 5) is 4.49. The summed E-state index contributed by atoms with van der Waals surface area (Å²) in [6.07, 6.45) is 0.478. The standard InChI is InChI=1S/C15H19NO2/c1-2-5-14(17)15(18)10-12-9-8-11-6-3-4-7-13(11)16-12/h3-4,6-9,14-15,17-18H,2,5,10H2,1H3. The summed E-state index contributed by atoms with van der Waals surface area (Å²) in [5, 5.41) is 20.7. The van der Waals surface area contributed by atoms with Gasteiger partial charge >= 0.3 is 0 Å². The van der Waals surface area contributed by atoms with Crippen molar-refractivity contribution in [2.75, 3.05) is 0 Å². The Morgan fingerprint density at radius 2 is 1.83 bits per heavy atom. The summed E-state index contributed by atoms with van der Waals surface area (Å²) in [5.74, 6) is 0. The molecule has 18 heavy (non-hydrogen) atoms. The number of para-hydroxylation sites is 1. The summed E-state index contributed by atoms with van der Waals surface area (Å²) < 4.78 is 0. The normalized spacial score (nSPS) is 14.6. The van der Waals surface area contributed by atoms with Crippen molar-refractivity contribution in [2.45, 2.75) is 38.4 Å². The topological polar surface area (TPSA) is 53.4 Å². The second kappa shape index (κ2) is 5.94. The molecule has 0 amide bonds. The number of aromatic nitrogens is 1. The van der Waals surface area contributed by atoms with Gasteiger partial charge in [-0.3, -0.25) is 4.98 Å². The highest BCUT2D eigenvalue weighted by atomic mass is 16.3. The van der Waals surface area contributed by atoms with Crippen LogP contribution in [0, 0.1) is 0 Å². The highest BCUT2D eigenvalue weighted by Gasteiger charge is 2.16. The van der Waals surface area contributed by atoms with Crippen LogP contribution in [0.3, 0.4) is 0 Å². The average Bonchev–Trinajstić information content (AvgIpc) is 2.39. The molecule has 3 heteroatoms. The third-order valence-corrected chi connectivity index (χ3v) is 3.10. The predicted octanol–water partition coefficient (Wildman–Crippen LogP) is 2.30. The third-order valence-electron chi connectivity index (χ3n) is 3.10. The lowest BCUT2D eigenvalue weighted by molar-refractivity contribution is 0.0143. The molecule has 1 aromatic carbocycles. The highest BCUT2D eigenvalue weighted by Crippen LogP contribution is 2.14. The van der Waals surface area contributed by atoms with Crippen molar-refractivity contribution in [3.05, 3.63) is 42.1 Å². The SMILES string of the molecule is CCCC(O)C(O)Cc1ccc2ccccc2n1. The minimum Gasteiger partial charge on any atom is -0.390 e. The van der Waals surface area contributed by atoms with Crippen LogP contribution in [-0.4, -0.2) is 27.4 Å². The number of hydrogen-bond acceptors (Lipinski definition) is 3. The number of nitrogens with zero attached hydrogens (tertiary/aromatic N) is 1. The molecular formula is C15H19NO2. The summed E-state index contributed by atoms with van der Waals surface area (Å²) in [7, 11) is 0. The Balaban J connectivity index is 2.12. The summed E-state index contributed by atoms with van der Waals surface area (Å²) in [6.45, 7) is 1.99. The molecule has 1 heterocycles. The van der Waals surface area contributed by atoms with Crippen LogP contribution < -0.4 is 0 Å². The van der Waals surface area contributed by atoms with E-state index in [1.165, 1.54) is 0 Å². The second-order valence-corrected chi connectivity index (χ2v) is 4.62. The van der Waals surface area contributed by atoms with E-state index in [9.17, 15) is 10.2 Å². The molecule has 2 aromatic rings. The maximum atomic E-state index is 9.88. The number of fused-ring (bicyclic) bond motifs is 1.